The molecule has 0 aromatic heterocycles. The number of carbonyl (C=O) groups excluding carboxylic acids is 4. The number of amides is 3. The average molecular weight is 602 g/mol. The van der Waals surface area contributed by atoms with Crippen LogP contribution in [0.3, 0.4) is 0 Å². The standard InChI is InChI=1S/C30H39N3O10/c1-32(29(41)21(15-19-9-4-2-5-10-19)31-28(40)20-11-6-3-7-12-20)16-25(38)33-14-8-13-22(33)30(42)43-27(24(37)18-35)26(39)23(36)17-34/h2-7,9-12,21-24,26-27,34-37,39H,8,13-18H2,1H3,(H,31,40)/t21-,22-,23-,24-,26-,27-/m1/s1. The molecule has 0 radical (unpaired) electrons. The minimum absolute atomic E-state index is 0.173. The van der Waals surface area contributed by atoms with Gasteiger partial charge in [0.2, 0.25) is 11.8 Å². The molecule has 0 spiro atoms. The number of benzene rings is 2. The molecule has 6 atom stereocenters. The lowest BCUT2D eigenvalue weighted by molar-refractivity contribution is -0.182. The van der Waals surface area contributed by atoms with E-state index < -0.39 is 79.9 Å². The molecule has 1 aliphatic rings. The highest BCUT2D eigenvalue weighted by molar-refractivity contribution is 5.98. The molecule has 1 fully saturated rings. The van der Waals surface area contributed by atoms with Gasteiger partial charge in [0.15, 0.2) is 6.10 Å². The highest BCUT2D eigenvalue weighted by Crippen LogP contribution is 2.21. The summed E-state index contributed by atoms with van der Waals surface area (Å²) in [5.74, 6) is -2.53. The summed E-state index contributed by atoms with van der Waals surface area (Å²) in [5, 5.41) is 51.2. The largest absolute Gasteiger partial charge is 0.455 e. The maximum atomic E-state index is 13.5. The third-order valence-electron chi connectivity index (χ3n) is 7.25. The summed E-state index contributed by atoms with van der Waals surface area (Å²) in [6, 6.07) is 15.4. The van der Waals surface area contributed by atoms with Crippen LogP contribution in [0.25, 0.3) is 0 Å². The van der Waals surface area contributed by atoms with E-state index in [0.717, 1.165) is 5.56 Å². The Hall–Kier alpha value is -3.88. The van der Waals surface area contributed by atoms with Crippen molar-refractivity contribution in [3.63, 3.8) is 0 Å². The Morgan fingerprint density at radius 3 is 2.16 bits per heavy atom. The monoisotopic (exact) mass is 601 g/mol. The number of aliphatic hydroxyl groups is 5. The topological polar surface area (TPSA) is 197 Å². The maximum absolute atomic E-state index is 13.5. The van der Waals surface area contributed by atoms with E-state index in [-0.39, 0.29) is 19.4 Å². The fourth-order valence-corrected chi connectivity index (χ4v) is 4.85. The molecule has 0 saturated carbocycles. The molecular weight excluding hydrogens is 562 g/mol. The highest BCUT2D eigenvalue weighted by Gasteiger charge is 2.41. The Morgan fingerprint density at radius 1 is 0.953 bits per heavy atom. The zero-order valence-corrected chi connectivity index (χ0v) is 23.9. The molecule has 1 heterocycles. The number of carbonyl (C=O) groups is 4. The van der Waals surface area contributed by atoms with Crippen molar-refractivity contribution in [2.75, 3.05) is 33.4 Å². The van der Waals surface area contributed by atoms with Gasteiger partial charge in [0.25, 0.3) is 5.91 Å². The van der Waals surface area contributed by atoms with Crippen LogP contribution in [0.1, 0.15) is 28.8 Å². The lowest BCUT2D eigenvalue weighted by atomic mass is 10.0. The van der Waals surface area contributed by atoms with Crippen molar-refractivity contribution in [2.45, 2.75) is 55.8 Å². The van der Waals surface area contributed by atoms with Crippen LogP contribution < -0.4 is 5.32 Å². The molecule has 43 heavy (non-hydrogen) atoms. The molecular formula is C30H39N3O10. The third-order valence-corrected chi connectivity index (χ3v) is 7.25. The number of ether oxygens (including phenoxy) is 1. The second-order valence-corrected chi connectivity index (χ2v) is 10.4. The van der Waals surface area contributed by atoms with E-state index in [2.05, 4.69) is 5.32 Å². The summed E-state index contributed by atoms with van der Waals surface area (Å²) in [5.41, 5.74) is 1.16. The lowest BCUT2D eigenvalue weighted by Crippen LogP contribution is -2.54. The van der Waals surface area contributed by atoms with Crippen LogP contribution in [-0.2, 0) is 25.5 Å². The normalized spacial score (nSPS) is 18.2. The van der Waals surface area contributed by atoms with Crippen LogP contribution in [0.4, 0.5) is 0 Å². The highest BCUT2D eigenvalue weighted by atomic mass is 16.6. The van der Waals surface area contributed by atoms with Gasteiger partial charge in [-0.3, -0.25) is 14.4 Å². The van der Waals surface area contributed by atoms with Crippen LogP contribution >= 0.6 is 0 Å². The third kappa shape index (κ3) is 9.05. The number of nitrogens with zero attached hydrogens (tertiary/aromatic N) is 2. The van der Waals surface area contributed by atoms with Crippen molar-refractivity contribution >= 4 is 23.7 Å². The summed E-state index contributed by atoms with van der Waals surface area (Å²) in [6.45, 7) is -2.03. The maximum Gasteiger partial charge on any atom is 0.329 e. The quantitative estimate of drug-likeness (QED) is 0.138. The number of esters is 1. The van der Waals surface area contributed by atoms with Crippen LogP contribution in [0.5, 0.6) is 0 Å². The predicted octanol–water partition coefficient (Wildman–Crippen LogP) is -1.54. The number of nitrogens with one attached hydrogen (secondary N) is 1. The summed E-state index contributed by atoms with van der Waals surface area (Å²) in [7, 11) is 1.41. The van der Waals surface area contributed by atoms with Gasteiger partial charge in [0, 0.05) is 25.6 Å². The van der Waals surface area contributed by atoms with Crippen molar-refractivity contribution in [3.05, 3.63) is 71.8 Å². The minimum Gasteiger partial charge on any atom is -0.455 e. The number of likely N-dealkylation sites (tertiary alicyclic amines) is 1. The summed E-state index contributed by atoms with van der Waals surface area (Å²) in [4.78, 5) is 55.1. The molecule has 0 bridgehead atoms. The fourth-order valence-electron chi connectivity index (χ4n) is 4.85. The second-order valence-electron chi connectivity index (χ2n) is 10.4. The van der Waals surface area contributed by atoms with Gasteiger partial charge in [0.05, 0.1) is 19.8 Å². The minimum atomic E-state index is -1.90. The van der Waals surface area contributed by atoms with Crippen LogP contribution in [-0.4, -0.2) is 129 Å². The Labute approximate surface area is 249 Å². The first-order valence-corrected chi connectivity index (χ1v) is 14.0. The van der Waals surface area contributed by atoms with Gasteiger partial charge in [-0.2, -0.15) is 0 Å². The van der Waals surface area contributed by atoms with Gasteiger partial charge in [0.1, 0.15) is 30.4 Å². The van der Waals surface area contributed by atoms with E-state index in [1.807, 2.05) is 30.3 Å². The van der Waals surface area contributed by atoms with Gasteiger partial charge in [-0.25, -0.2) is 4.79 Å². The second kappa shape index (κ2) is 16.1. The van der Waals surface area contributed by atoms with Gasteiger partial charge in [-0.1, -0.05) is 48.5 Å². The molecule has 2 aromatic rings. The van der Waals surface area contributed by atoms with E-state index in [9.17, 15) is 39.6 Å². The molecule has 3 rings (SSSR count). The summed E-state index contributed by atoms with van der Waals surface area (Å²) in [6.07, 6.45) is -6.39. The molecule has 6 N–H and O–H groups in total. The zero-order valence-electron chi connectivity index (χ0n) is 23.9. The number of aliphatic hydroxyl groups excluding tert-OH is 5. The van der Waals surface area contributed by atoms with E-state index in [0.29, 0.717) is 12.0 Å². The van der Waals surface area contributed by atoms with Crippen molar-refractivity contribution in [2.24, 2.45) is 0 Å². The first-order chi connectivity index (χ1) is 20.6. The predicted molar refractivity (Wildman–Crippen MR) is 152 cm³/mol. The first kappa shape index (κ1) is 33.6. The van der Waals surface area contributed by atoms with Gasteiger partial charge in [-0.05, 0) is 30.5 Å². The zero-order chi connectivity index (χ0) is 31.5. The summed E-state index contributed by atoms with van der Waals surface area (Å²) < 4.78 is 5.20. The van der Waals surface area contributed by atoms with E-state index in [1.54, 1.807) is 30.3 Å². The van der Waals surface area contributed by atoms with Crippen LogP contribution in [0.2, 0.25) is 0 Å². The Kier molecular flexibility index (Phi) is 12.6. The molecule has 13 heteroatoms. The average Bonchev–Trinajstić information content (AvgIpc) is 3.53. The molecule has 234 valence electrons. The number of likely N-dealkylation sites (N-methyl/N-ethyl adjacent to an activating group) is 1. The van der Waals surface area contributed by atoms with Gasteiger partial charge in [-0.15, -0.1) is 0 Å². The summed E-state index contributed by atoms with van der Waals surface area (Å²) >= 11 is 0. The molecule has 1 saturated heterocycles. The number of hydrogen-bond donors (Lipinski definition) is 6. The number of rotatable bonds is 14. The fraction of sp³-hybridized carbons (Fsp3) is 0.467. The van der Waals surface area contributed by atoms with Gasteiger partial charge < -0.3 is 45.4 Å². The molecule has 0 unspecified atom stereocenters. The molecule has 13 nitrogen and oxygen atoms in total. The van der Waals surface area contributed by atoms with Crippen molar-refractivity contribution in [1.29, 1.82) is 0 Å². The molecule has 1 aliphatic heterocycles. The number of hydrogen-bond acceptors (Lipinski definition) is 10. The van der Waals surface area contributed by atoms with E-state index in [1.165, 1.54) is 16.8 Å². The Balaban J connectivity index is 1.70. The molecule has 2 aromatic carbocycles. The van der Waals surface area contributed by atoms with Crippen molar-refractivity contribution < 1.29 is 49.4 Å². The van der Waals surface area contributed by atoms with Gasteiger partial charge >= 0.3 is 5.97 Å². The first-order valence-electron chi connectivity index (χ1n) is 14.0. The Bertz CT molecular complexity index is 1220. The molecule has 3 amide bonds. The molecule has 0 aliphatic carbocycles. The SMILES string of the molecule is CN(CC(=O)N1CCC[C@@H]1C(=O)O[C@@H]([C@H](O)[C@H](O)CO)[C@H](O)CO)C(=O)[C@@H](Cc1ccccc1)NC(=O)c1ccccc1. The van der Waals surface area contributed by atoms with E-state index >= 15 is 0 Å². The lowest BCUT2D eigenvalue weighted by Gasteiger charge is -2.32. The van der Waals surface area contributed by atoms with Crippen molar-refractivity contribution in [3.8, 4) is 0 Å². The Morgan fingerprint density at radius 2 is 1.56 bits per heavy atom. The van der Waals surface area contributed by atoms with Crippen molar-refractivity contribution in [1.82, 2.24) is 15.1 Å². The smallest absolute Gasteiger partial charge is 0.329 e. The van der Waals surface area contributed by atoms with Crippen LogP contribution in [0, 0.1) is 0 Å². The van der Waals surface area contributed by atoms with Crippen LogP contribution in [0.15, 0.2) is 60.7 Å². The van der Waals surface area contributed by atoms with E-state index in [4.69, 9.17) is 9.84 Å².